The highest BCUT2D eigenvalue weighted by Crippen LogP contribution is 2.30. The smallest absolute Gasteiger partial charge is 0.271 e. The number of rotatable bonds is 8. The van der Waals surface area contributed by atoms with Crippen LogP contribution in [-0.4, -0.2) is 41.1 Å². The fraction of sp³-hybridized carbons (Fsp3) is 0.286. The van der Waals surface area contributed by atoms with Gasteiger partial charge in [0.1, 0.15) is 0 Å². The van der Waals surface area contributed by atoms with E-state index in [1.165, 1.54) is 6.21 Å². The van der Waals surface area contributed by atoms with E-state index in [9.17, 15) is 4.79 Å². The summed E-state index contributed by atoms with van der Waals surface area (Å²) in [6.45, 7) is 6.60. The molecule has 0 aliphatic rings. The van der Waals surface area contributed by atoms with E-state index in [0.29, 0.717) is 34.5 Å². The lowest BCUT2D eigenvalue weighted by Gasteiger charge is -2.11. The molecule has 0 spiro atoms. The Morgan fingerprint density at radius 2 is 2.17 bits per heavy atom. The minimum absolute atomic E-state index is 0.309. The number of nitrogens with zero attached hydrogens (tertiary/aromatic N) is 2. The predicted molar refractivity (Wildman–Crippen MR) is 116 cm³/mol. The van der Waals surface area contributed by atoms with Crippen LogP contribution in [0.25, 0.3) is 11.0 Å². The molecule has 1 amide bonds. The van der Waals surface area contributed by atoms with Crippen molar-refractivity contribution in [3.05, 3.63) is 47.5 Å². The largest absolute Gasteiger partial charge is 0.493 e. The number of thioether (sulfide) groups is 1. The molecule has 2 aromatic carbocycles. The van der Waals surface area contributed by atoms with Crippen LogP contribution in [0.1, 0.15) is 36.7 Å². The van der Waals surface area contributed by atoms with Crippen LogP contribution in [0.15, 0.2) is 46.7 Å². The van der Waals surface area contributed by atoms with Crippen molar-refractivity contribution in [3.63, 3.8) is 0 Å². The molecule has 3 aromatic rings. The molecule has 152 valence electrons. The molecule has 0 radical (unpaired) electrons. The first kappa shape index (κ1) is 20.7. The predicted octanol–water partition coefficient (Wildman–Crippen LogP) is 4.23. The van der Waals surface area contributed by atoms with Crippen LogP contribution in [0, 0.1) is 0 Å². The van der Waals surface area contributed by atoms with Crippen molar-refractivity contribution >= 4 is 34.9 Å². The van der Waals surface area contributed by atoms with E-state index in [-0.39, 0.29) is 5.91 Å². The van der Waals surface area contributed by atoms with Crippen molar-refractivity contribution in [2.45, 2.75) is 31.2 Å². The Morgan fingerprint density at radius 3 is 2.90 bits per heavy atom. The molecule has 2 N–H and O–H groups in total. The molecule has 29 heavy (non-hydrogen) atoms. The number of amides is 1. The number of ether oxygens (including phenoxy) is 2. The Balaban J connectivity index is 1.74. The summed E-state index contributed by atoms with van der Waals surface area (Å²) in [6, 6.07) is 10.8. The summed E-state index contributed by atoms with van der Waals surface area (Å²) >= 11 is 1.65. The summed E-state index contributed by atoms with van der Waals surface area (Å²) in [7, 11) is 1.58. The maximum Gasteiger partial charge on any atom is 0.271 e. The first-order valence-electron chi connectivity index (χ1n) is 9.31. The highest BCUT2D eigenvalue weighted by atomic mass is 32.2. The van der Waals surface area contributed by atoms with E-state index in [0.717, 1.165) is 16.2 Å². The van der Waals surface area contributed by atoms with Crippen molar-refractivity contribution in [3.8, 4) is 11.5 Å². The summed E-state index contributed by atoms with van der Waals surface area (Å²) in [4.78, 5) is 20.2. The first-order valence-corrected chi connectivity index (χ1v) is 10.2. The van der Waals surface area contributed by atoms with Gasteiger partial charge in [0, 0.05) is 16.4 Å². The van der Waals surface area contributed by atoms with Gasteiger partial charge < -0.3 is 14.5 Å². The molecule has 3 rings (SSSR count). The third-order valence-electron chi connectivity index (χ3n) is 3.96. The van der Waals surface area contributed by atoms with Gasteiger partial charge in [0.25, 0.3) is 5.91 Å². The second kappa shape index (κ2) is 9.47. The zero-order chi connectivity index (χ0) is 20.8. The molecule has 0 unspecified atom stereocenters. The van der Waals surface area contributed by atoms with Crippen molar-refractivity contribution in [1.29, 1.82) is 0 Å². The minimum Gasteiger partial charge on any atom is -0.493 e. The molecule has 0 saturated carbocycles. The highest BCUT2D eigenvalue weighted by molar-refractivity contribution is 7.99. The van der Waals surface area contributed by atoms with Gasteiger partial charge in [-0.15, -0.1) is 0 Å². The van der Waals surface area contributed by atoms with Crippen LogP contribution in [0.2, 0.25) is 0 Å². The summed E-state index contributed by atoms with van der Waals surface area (Å²) in [6.07, 6.45) is 1.54. The van der Waals surface area contributed by atoms with Crippen LogP contribution in [0.4, 0.5) is 0 Å². The lowest BCUT2D eigenvalue weighted by Crippen LogP contribution is -2.17. The Kier molecular flexibility index (Phi) is 6.77. The summed E-state index contributed by atoms with van der Waals surface area (Å²) in [5.41, 5.74) is 5.40. The van der Waals surface area contributed by atoms with E-state index >= 15 is 0 Å². The Morgan fingerprint density at radius 1 is 1.34 bits per heavy atom. The SMILES string of the molecule is CCOc1c(/C=N\NC(=O)c2ccc3nc(SC(C)C)[nH]c3c2)cccc1OC. The average Bonchev–Trinajstić information content (AvgIpc) is 3.09. The van der Waals surface area contributed by atoms with E-state index < -0.39 is 0 Å². The monoisotopic (exact) mass is 412 g/mol. The summed E-state index contributed by atoms with van der Waals surface area (Å²) in [5.74, 6) is 0.892. The molecule has 0 aliphatic heterocycles. The second-order valence-corrected chi connectivity index (χ2v) is 8.02. The Bertz CT molecular complexity index is 1030. The fourth-order valence-corrected chi connectivity index (χ4v) is 3.49. The van der Waals surface area contributed by atoms with Gasteiger partial charge in [-0.25, -0.2) is 10.4 Å². The Labute approximate surface area is 173 Å². The summed E-state index contributed by atoms with van der Waals surface area (Å²) in [5, 5.41) is 5.33. The quantitative estimate of drug-likeness (QED) is 0.328. The third kappa shape index (κ3) is 5.08. The van der Waals surface area contributed by atoms with Crippen LogP contribution in [-0.2, 0) is 0 Å². The molecule has 0 saturated heterocycles. The Hall–Kier alpha value is -3.00. The number of aromatic nitrogens is 2. The van der Waals surface area contributed by atoms with Crippen LogP contribution in [0.5, 0.6) is 11.5 Å². The number of hydrazone groups is 1. The number of fused-ring (bicyclic) bond motifs is 1. The fourth-order valence-electron chi connectivity index (χ4n) is 2.73. The normalized spacial score (nSPS) is 11.3. The molecular formula is C21H24N4O3S. The summed E-state index contributed by atoms with van der Waals surface area (Å²) < 4.78 is 11.0. The number of hydrogen-bond acceptors (Lipinski definition) is 6. The van der Waals surface area contributed by atoms with E-state index in [1.54, 1.807) is 31.0 Å². The standard InChI is InChI=1S/C21H24N4O3S/c1-5-28-19-15(7-6-8-18(19)27-4)12-22-25-20(26)14-9-10-16-17(11-14)24-21(23-16)29-13(2)3/h6-13H,5H2,1-4H3,(H,23,24)(H,25,26)/b22-12-. The van der Waals surface area contributed by atoms with E-state index in [4.69, 9.17) is 9.47 Å². The number of H-pyrrole nitrogens is 1. The molecule has 1 aromatic heterocycles. The van der Waals surface area contributed by atoms with Gasteiger partial charge in [-0.2, -0.15) is 5.10 Å². The highest BCUT2D eigenvalue weighted by Gasteiger charge is 2.11. The van der Waals surface area contributed by atoms with Gasteiger partial charge in [0.15, 0.2) is 16.7 Å². The third-order valence-corrected chi connectivity index (χ3v) is 4.85. The average molecular weight is 413 g/mol. The van der Waals surface area contributed by atoms with Gasteiger partial charge >= 0.3 is 0 Å². The molecule has 8 heteroatoms. The van der Waals surface area contributed by atoms with Crippen molar-refractivity contribution in [1.82, 2.24) is 15.4 Å². The molecule has 0 atom stereocenters. The maximum absolute atomic E-state index is 12.5. The number of imidazole rings is 1. The lowest BCUT2D eigenvalue weighted by atomic mass is 10.2. The zero-order valence-electron chi connectivity index (χ0n) is 16.9. The van der Waals surface area contributed by atoms with Gasteiger partial charge in [0.05, 0.1) is 31.0 Å². The van der Waals surface area contributed by atoms with Crippen LogP contribution in [0.3, 0.4) is 0 Å². The zero-order valence-corrected chi connectivity index (χ0v) is 17.7. The topological polar surface area (TPSA) is 88.6 Å². The van der Waals surface area contributed by atoms with Gasteiger partial charge in [-0.05, 0) is 37.3 Å². The number of aromatic amines is 1. The first-order chi connectivity index (χ1) is 14.0. The van der Waals surface area contributed by atoms with E-state index in [1.807, 2.05) is 31.2 Å². The van der Waals surface area contributed by atoms with E-state index in [2.05, 4.69) is 34.3 Å². The van der Waals surface area contributed by atoms with Crippen LogP contribution < -0.4 is 14.9 Å². The molecule has 0 aliphatic carbocycles. The molecule has 0 bridgehead atoms. The van der Waals surface area contributed by atoms with Gasteiger partial charge in [-0.1, -0.05) is 31.7 Å². The van der Waals surface area contributed by atoms with Crippen molar-refractivity contribution in [2.75, 3.05) is 13.7 Å². The lowest BCUT2D eigenvalue weighted by molar-refractivity contribution is 0.0955. The minimum atomic E-state index is -0.309. The molecule has 1 heterocycles. The molecule has 7 nitrogen and oxygen atoms in total. The van der Waals surface area contributed by atoms with Crippen LogP contribution >= 0.6 is 11.8 Å². The number of para-hydroxylation sites is 1. The number of methoxy groups -OCH3 is 1. The van der Waals surface area contributed by atoms with Gasteiger partial charge in [0.2, 0.25) is 0 Å². The number of nitrogens with one attached hydrogen (secondary N) is 2. The van der Waals surface area contributed by atoms with Crippen molar-refractivity contribution < 1.29 is 14.3 Å². The van der Waals surface area contributed by atoms with Crippen molar-refractivity contribution in [2.24, 2.45) is 5.10 Å². The number of benzene rings is 2. The molecule has 0 fully saturated rings. The number of carbonyl (C=O) groups excluding carboxylic acids is 1. The van der Waals surface area contributed by atoms with Gasteiger partial charge in [-0.3, -0.25) is 4.79 Å². The number of hydrogen-bond donors (Lipinski definition) is 2. The molecular weight excluding hydrogens is 388 g/mol. The second-order valence-electron chi connectivity index (χ2n) is 6.45. The number of carbonyl (C=O) groups is 1. The maximum atomic E-state index is 12.5.